The second-order valence-electron chi connectivity index (χ2n) is 5.10. The molecule has 3 aromatic rings. The number of nitrogens with zero attached hydrogens (tertiary/aromatic N) is 2. The molecule has 3 nitrogen and oxygen atoms in total. The van der Waals surface area contributed by atoms with Gasteiger partial charge in [0.2, 0.25) is 0 Å². The Hall–Kier alpha value is -1.78. The third-order valence-corrected chi connectivity index (χ3v) is 4.40. The molecule has 20 heavy (non-hydrogen) atoms. The zero-order chi connectivity index (χ0) is 14.1. The summed E-state index contributed by atoms with van der Waals surface area (Å²) in [5.41, 5.74) is 10.6. The Labute approximate surface area is 122 Å². The topological polar surface area (TPSA) is 51.8 Å². The normalized spacial score (nSPS) is 12.8. The first-order valence-corrected chi connectivity index (χ1v) is 7.48. The summed E-state index contributed by atoms with van der Waals surface area (Å²) in [6, 6.07) is 10.2. The highest BCUT2D eigenvalue weighted by molar-refractivity contribution is 7.18. The van der Waals surface area contributed by atoms with Crippen molar-refractivity contribution in [3.8, 4) is 0 Å². The number of aryl methyl sites for hydroxylation is 2. The lowest BCUT2D eigenvalue weighted by Gasteiger charge is -2.12. The van der Waals surface area contributed by atoms with E-state index in [2.05, 4.69) is 29.0 Å². The lowest BCUT2D eigenvalue weighted by atomic mass is 10.1. The van der Waals surface area contributed by atoms with Crippen LogP contribution in [0.2, 0.25) is 0 Å². The fraction of sp³-hybridized carbons (Fsp3) is 0.250. The summed E-state index contributed by atoms with van der Waals surface area (Å²) < 4.78 is 1.21. The van der Waals surface area contributed by atoms with Crippen LogP contribution in [-0.4, -0.2) is 9.97 Å². The maximum absolute atomic E-state index is 6.30. The van der Waals surface area contributed by atoms with Crippen molar-refractivity contribution >= 4 is 21.6 Å². The van der Waals surface area contributed by atoms with Gasteiger partial charge in [0.1, 0.15) is 0 Å². The first-order valence-electron chi connectivity index (χ1n) is 6.66. The number of pyridine rings is 1. The van der Waals surface area contributed by atoms with Crippen LogP contribution in [0.3, 0.4) is 0 Å². The van der Waals surface area contributed by atoms with Crippen molar-refractivity contribution in [3.63, 3.8) is 0 Å². The Balaban J connectivity index is 1.86. The van der Waals surface area contributed by atoms with Gasteiger partial charge >= 0.3 is 0 Å². The first-order chi connectivity index (χ1) is 9.63. The van der Waals surface area contributed by atoms with E-state index in [9.17, 15) is 0 Å². The first kappa shape index (κ1) is 13.2. The quantitative estimate of drug-likeness (QED) is 0.799. The molecule has 0 saturated carbocycles. The number of hydrogen-bond donors (Lipinski definition) is 1. The molecule has 2 N–H and O–H groups in total. The predicted octanol–water partition coefficient (Wildman–Crippen LogP) is 3.55. The minimum Gasteiger partial charge on any atom is -0.322 e. The van der Waals surface area contributed by atoms with Gasteiger partial charge in [0, 0.05) is 12.6 Å². The number of benzene rings is 1. The molecule has 0 spiro atoms. The van der Waals surface area contributed by atoms with Gasteiger partial charge in [-0.1, -0.05) is 18.2 Å². The molecule has 102 valence electrons. The maximum Gasteiger partial charge on any atom is 0.0958 e. The van der Waals surface area contributed by atoms with Gasteiger partial charge in [0.25, 0.3) is 0 Å². The summed E-state index contributed by atoms with van der Waals surface area (Å²) in [6.45, 7) is 4.11. The number of hydrogen-bond acceptors (Lipinski definition) is 4. The SMILES string of the molecule is Cc1cnc(C(N)Cc2nc3ccccc3s2)c(C)c1. The molecule has 1 aromatic carbocycles. The second-order valence-corrected chi connectivity index (χ2v) is 6.22. The molecule has 0 aliphatic carbocycles. The minimum atomic E-state index is -0.101. The molecule has 0 amide bonds. The van der Waals surface area contributed by atoms with Crippen molar-refractivity contribution < 1.29 is 0 Å². The third-order valence-electron chi connectivity index (χ3n) is 3.34. The van der Waals surface area contributed by atoms with E-state index in [1.54, 1.807) is 11.3 Å². The number of nitrogens with two attached hydrogens (primary N) is 1. The third kappa shape index (κ3) is 2.57. The summed E-state index contributed by atoms with van der Waals surface area (Å²) in [4.78, 5) is 9.12. The van der Waals surface area contributed by atoms with E-state index in [1.807, 2.05) is 31.3 Å². The number of para-hydroxylation sites is 1. The van der Waals surface area contributed by atoms with Gasteiger partial charge in [-0.3, -0.25) is 4.98 Å². The van der Waals surface area contributed by atoms with Crippen LogP contribution in [-0.2, 0) is 6.42 Å². The molecule has 4 heteroatoms. The van der Waals surface area contributed by atoms with Crippen molar-refractivity contribution in [2.75, 3.05) is 0 Å². The lowest BCUT2D eigenvalue weighted by molar-refractivity contribution is 0.687. The van der Waals surface area contributed by atoms with Crippen molar-refractivity contribution in [2.45, 2.75) is 26.3 Å². The maximum atomic E-state index is 6.30. The summed E-state index contributed by atoms with van der Waals surface area (Å²) in [7, 11) is 0. The van der Waals surface area contributed by atoms with E-state index < -0.39 is 0 Å². The van der Waals surface area contributed by atoms with Crippen molar-refractivity contribution in [1.29, 1.82) is 0 Å². The fourth-order valence-electron chi connectivity index (χ4n) is 2.41. The molecule has 2 heterocycles. The van der Waals surface area contributed by atoms with Crippen molar-refractivity contribution in [3.05, 3.63) is 58.4 Å². The molecule has 1 atom stereocenters. The van der Waals surface area contributed by atoms with Gasteiger partial charge in [-0.2, -0.15) is 0 Å². The molecule has 1 unspecified atom stereocenters. The Morgan fingerprint density at radius 3 is 2.80 bits per heavy atom. The average Bonchev–Trinajstić information content (AvgIpc) is 2.80. The standard InChI is InChI=1S/C16H17N3S/c1-10-7-11(2)16(18-9-10)12(17)8-15-19-13-5-3-4-6-14(13)20-15/h3-7,9,12H,8,17H2,1-2H3. The monoisotopic (exact) mass is 283 g/mol. The second kappa shape index (κ2) is 5.31. The van der Waals surface area contributed by atoms with E-state index in [1.165, 1.54) is 10.3 Å². The molecule has 0 aliphatic rings. The van der Waals surface area contributed by atoms with Gasteiger partial charge in [-0.15, -0.1) is 11.3 Å². The molecule has 0 fully saturated rings. The van der Waals surface area contributed by atoms with Crippen LogP contribution in [0.15, 0.2) is 36.5 Å². The van der Waals surface area contributed by atoms with Crippen LogP contribution in [0.25, 0.3) is 10.2 Å². The van der Waals surface area contributed by atoms with Crippen LogP contribution in [0.1, 0.15) is 27.9 Å². The predicted molar refractivity (Wildman–Crippen MR) is 84.0 cm³/mol. The smallest absolute Gasteiger partial charge is 0.0958 e. The molecule has 0 aliphatic heterocycles. The van der Waals surface area contributed by atoms with E-state index in [-0.39, 0.29) is 6.04 Å². The summed E-state index contributed by atoms with van der Waals surface area (Å²) in [6.07, 6.45) is 2.61. The van der Waals surface area contributed by atoms with Crippen LogP contribution < -0.4 is 5.73 Å². The van der Waals surface area contributed by atoms with Crippen LogP contribution in [0.4, 0.5) is 0 Å². The molecule has 0 radical (unpaired) electrons. The molecule has 2 aromatic heterocycles. The highest BCUT2D eigenvalue weighted by Gasteiger charge is 2.14. The van der Waals surface area contributed by atoms with E-state index >= 15 is 0 Å². The van der Waals surface area contributed by atoms with Gasteiger partial charge < -0.3 is 5.73 Å². The Bertz CT molecular complexity index is 715. The average molecular weight is 283 g/mol. The Morgan fingerprint density at radius 1 is 1.25 bits per heavy atom. The summed E-state index contributed by atoms with van der Waals surface area (Å²) in [5, 5.41) is 1.07. The van der Waals surface area contributed by atoms with E-state index in [0.717, 1.165) is 28.2 Å². The van der Waals surface area contributed by atoms with Crippen molar-refractivity contribution in [2.24, 2.45) is 5.73 Å². The van der Waals surface area contributed by atoms with E-state index in [4.69, 9.17) is 5.73 Å². The highest BCUT2D eigenvalue weighted by Crippen LogP contribution is 2.25. The lowest BCUT2D eigenvalue weighted by Crippen LogP contribution is -2.16. The van der Waals surface area contributed by atoms with Crippen LogP contribution in [0.5, 0.6) is 0 Å². The zero-order valence-electron chi connectivity index (χ0n) is 11.6. The number of aromatic nitrogens is 2. The van der Waals surface area contributed by atoms with Gasteiger partial charge in [0.15, 0.2) is 0 Å². The summed E-state index contributed by atoms with van der Waals surface area (Å²) in [5.74, 6) is 0. The molecule has 0 saturated heterocycles. The minimum absolute atomic E-state index is 0.101. The molecular formula is C16H17N3S. The number of thiazole rings is 1. The highest BCUT2D eigenvalue weighted by atomic mass is 32.1. The van der Waals surface area contributed by atoms with Gasteiger partial charge in [-0.05, 0) is 37.1 Å². The molecule has 0 bridgehead atoms. The van der Waals surface area contributed by atoms with Crippen LogP contribution in [0, 0.1) is 13.8 Å². The van der Waals surface area contributed by atoms with Crippen LogP contribution >= 0.6 is 11.3 Å². The Kier molecular flexibility index (Phi) is 3.51. The van der Waals surface area contributed by atoms with E-state index in [0.29, 0.717) is 0 Å². The molecule has 3 rings (SSSR count). The fourth-order valence-corrected chi connectivity index (χ4v) is 3.43. The number of fused-ring (bicyclic) bond motifs is 1. The number of rotatable bonds is 3. The van der Waals surface area contributed by atoms with Gasteiger partial charge in [-0.25, -0.2) is 4.98 Å². The molecular weight excluding hydrogens is 266 g/mol. The zero-order valence-corrected chi connectivity index (χ0v) is 12.4. The Morgan fingerprint density at radius 2 is 2.05 bits per heavy atom. The van der Waals surface area contributed by atoms with Crippen molar-refractivity contribution in [1.82, 2.24) is 9.97 Å². The largest absolute Gasteiger partial charge is 0.322 e. The summed E-state index contributed by atoms with van der Waals surface area (Å²) >= 11 is 1.71. The van der Waals surface area contributed by atoms with Gasteiger partial charge in [0.05, 0.1) is 27.0 Å².